The summed E-state index contributed by atoms with van der Waals surface area (Å²) in [6.07, 6.45) is 0.865. The molecule has 0 aromatic heterocycles. The fourth-order valence-electron chi connectivity index (χ4n) is 2.40. The monoisotopic (exact) mass is 352 g/mol. The van der Waals surface area contributed by atoms with Crippen LogP contribution in [0.5, 0.6) is 11.5 Å². The topological polar surface area (TPSA) is 9.23 Å². The van der Waals surface area contributed by atoms with Crippen LogP contribution in [0.15, 0.2) is 42.5 Å². The lowest BCUT2D eigenvalue weighted by molar-refractivity contribution is 0.477. The summed E-state index contributed by atoms with van der Waals surface area (Å²) in [6, 6.07) is 12.8. The molecule has 1 aliphatic rings. The quantitative estimate of drug-likeness (QED) is 0.689. The average Bonchev–Trinajstić information content (AvgIpc) is 2.61. The van der Waals surface area contributed by atoms with Crippen molar-refractivity contribution < 1.29 is 9.13 Å². The number of para-hydroxylation sites is 1. The molecular weight excluding hydrogens is 339 g/mol. The highest BCUT2D eigenvalue weighted by Crippen LogP contribution is 2.44. The van der Waals surface area contributed by atoms with Gasteiger partial charge < -0.3 is 4.74 Å². The molecule has 20 heavy (non-hydrogen) atoms. The van der Waals surface area contributed by atoms with E-state index < -0.39 is 0 Å². The first-order valence-corrected chi connectivity index (χ1v) is 8.67. The second-order valence-electron chi connectivity index (χ2n) is 4.64. The molecule has 0 saturated carbocycles. The van der Waals surface area contributed by atoms with Crippen LogP contribution in [0, 0.1) is 5.82 Å². The Bertz CT molecular complexity index is 617. The molecule has 2 aromatic rings. The summed E-state index contributed by atoms with van der Waals surface area (Å²) in [6.45, 7) is 0. The van der Waals surface area contributed by atoms with E-state index in [0.29, 0.717) is 0 Å². The predicted molar refractivity (Wildman–Crippen MR) is 85.6 cm³/mol. The number of benzene rings is 2. The average molecular weight is 353 g/mol. The van der Waals surface area contributed by atoms with Crippen LogP contribution in [-0.4, -0.2) is 11.1 Å². The Balaban J connectivity index is 2.04. The molecule has 0 bridgehead atoms. The second-order valence-corrected chi connectivity index (χ2v) is 6.75. The lowest BCUT2D eigenvalue weighted by Crippen LogP contribution is -2.00. The van der Waals surface area contributed by atoms with Gasteiger partial charge in [-0.25, -0.2) is 4.39 Å². The number of ether oxygens (including phenoxy) is 1. The van der Waals surface area contributed by atoms with E-state index in [9.17, 15) is 4.39 Å². The van der Waals surface area contributed by atoms with Gasteiger partial charge in [0.15, 0.2) is 0 Å². The van der Waals surface area contributed by atoms with Gasteiger partial charge in [0.2, 0.25) is 0 Å². The highest BCUT2D eigenvalue weighted by molar-refractivity contribution is 9.09. The zero-order chi connectivity index (χ0) is 13.9. The Labute approximate surface area is 130 Å². The normalized spacial score (nSPS) is 16.8. The Kier molecular flexibility index (Phi) is 4.32. The van der Waals surface area contributed by atoms with Crippen LogP contribution in [0.3, 0.4) is 0 Å². The van der Waals surface area contributed by atoms with Gasteiger partial charge in [-0.3, -0.25) is 0 Å². The number of hydrogen-bond donors (Lipinski definition) is 0. The summed E-state index contributed by atoms with van der Waals surface area (Å²) in [4.78, 5) is 0. The number of hydrogen-bond acceptors (Lipinski definition) is 2. The minimum Gasteiger partial charge on any atom is -0.457 e. The Morgan fingerprint density at radius 3 is 2.90 bits per heavy atom. The second kappa shape index (κ2) is 6.19. The lowest BCUT2D eigenvalue weighted by Gasteiger charge is -2.15. The molecule has 0 saturated heterocycles. The van der Waals surface area contributed by atoms with Crippen molar-refractivity contribution in [2.24, 2.45) is 0 Å². The van der Waals surface area contributed by atoms with E-state index in [1.807, 2.05) is 30.0 Å². The lowest BCUT2D eigenvalue weighted by atomic mass is 10.0. The van der Waals surface area contributed by atoms with Gasteiger partial charge in [0.25, 0.3) is 0 Å². The zero-order valence-electron chi connectivity index (χ0n) is 10.8. The Morgan fingerprint density at radius 1 is 1.20 bits per heavy atom. The van der Waals surface area contributed by atoms with Crippen LogP contribution in [0.2, 0.25) is 0 Å². The highest BCUT2D eigenvalue weighted by atomic mass is 79.9. The maximum absolute atomic E-state index is 13.6. The molecule has 1 nitrogen and oxygen atoms in total. The van der Waals surface area contributed by atoms with Crippen LogP contribution in [0.1, 0.15) is 16.4 Å². The van der Waals surface area contributed by atoms with Crippen LogP contribution in [0.25, 0.3) is 0 Å². The van der Waals surface area contributed by atoms with Gasteiger partial charge in [0.1, 0.15) is 17.3 Å². The largest absolute Gasteiger partial charge is 0.457 e. The fourth-order valence-corrected chi connectivity index (χ4v) is 4.00. The number of fused-ring (bicyclic) bond motifs is 2. The van der Waals surface area contributed by atoms with Crippen LogP contribution >= 0.6 is 27.7 Å². The Hall–Kier alpha value is -1.00. The maximum Gasteiger partial charge on any atom is 0.131 e. The zero-order valence-corrected chi connectivity index (χ0v) is 13.2. The van der Waals surface area contributed by atoms with Gasteiger partial charge in [0, 0.05) is 21.9 Å². The van der Waals surface area contributed by atoms with E-state index in [2.05, 4.69) is 22.0 Å². The first kappa shape index (κ1) is 14.0. The molecule has 0 N–H and O–H groups in total. The van der Waals surface area contributed by atoms with Crippen LogP contribution in [-0.2, 0) is 6.42 Å². The number of thioether (sulfide) groups is 1. The summed E-state index contributed by atoms with van der Waals surface area (Å²) < 4.78 is 19.6. The molecule has 0 fully saturated rings. The SMILES string of the molecule is Fc1ccc2c(c1)[C@H](SCCBr)Cc1ccccc1O2. The van der Waals surface area contributed by atoms with E-state index >= 15 is 0 Å². The minimum absolute atomic E-state index is 0.206. The van der Waals surface area contributed by atoms with E-state index in [1.54, 1.807) is 12.1 Å². The first-order valence-electron chi connectivity index (χ1n) is 6.50. The van der Waals surface area contributed by atoms with Crippen molar-refractivity contribution in [1.29, 1.82) is 0 Å². The molecule has 4 heteroatoms. The molecule has 3 rings (SSSR count). The molecular formula is C16H14BrFOS. The fraction of sp³-hybridized carbons (Fsp3) is 0.250. The first-order chi connectivity index (χ1) is 9.78. The molecule has 0 unspecified atom stereocenters. The minimum atomic E-state index is -0.206. The van der Waals surface area contributed by atoms with Crippen molar-refractivity contribution in [2.75, 3.05) is 11.1 Å². The molecule has 104 valence electrons. The van der Waals surface area contributed by atoms with Crippen molar-refractivity contribution in [2.45, 2.75) is 11.7 Å². The van der Waals surface area contributed by atoms with Crippen molar-refractivity contribution in [3.8, 4) is 11.5 Å². The van der Waals surface area contributed by atoms with E-state index in [0.717, 1.165) is 34.6 Å². The van der Waals surface area contributed by atoms with Crippen molar-refractivity contribution in [1.82, 2.24) is 0 Å². The molecule has 1 heterocycles. The van der Waals surface area contributed by atoms with Gasteiger partial charge in [-0.15, -0.1) is 0 Å². The summed E-state index contributed by atoms with van der Waals surface area (Å²) >= 11 is 5.29. The van der Waals surface area contributed by atoms with Gasteiger partial charge in [0.05, 0.1) is 0 Å². The summed E-state index contributed by atoms with van der Waals surface area (Å²) in [7, 11) is 0. The number of alkyl halides is 1. The molecule has 0 aliphatic carbocycles. The summed E-state index contributed by atoms with van der Waals surface area (Å²) in [5, 5.41) is 1.16. The van der Waals surface area contributed by atoms with Gasteiger partial charge >= 0.3 is 0 Å². The van der Waals surface area contributed by atoms with Gasteiger partial charge in [-0.2, -0.15) is 11.8 Å². The van der Waals surface area contributed by atoms with E-state index in [-0.39, 0.29) is 11.1 Å². The van der Waals surface area contributed by atoms with Gasteiger partial charge in [-0.05, 0) is 36.2 Å². The van der Waals surface area contributed by atoms with Gasteiger partial charge in [-0.1, -0.05) is 34.1 Å². The standard InChI is InChI=1S/C16H14BrFOS/c17-7-8-20-16-9-11-3-1-2-4-14(11)19-15-6-5-12(18)10-13(15)16/h1-6,10,16H,7-9H2/t16-/m1/s1. The smallest absolute Gasteiger partial charge is 0.131 e. The van der Waals surface area contributed by atoms with Crippen LogP contribution in [0.4, 0.5) is 4.39 Å². The van der Waals surface area contributed by atoms with Crippen molar-refractivity contribution in [3.63, 3.8) is 0 Å². The third kappa shape index (κ3) is 2.86. The summed E-state index contributed by atoms with van der Waals surface area (Å²) in [5.41, 5.74) is 2.13. The van der Waals surface area contributed by atoms with Crippen molar-refractivity contribution >= 4 is 27.7 Å². The third-order valence-electron chi connectivity index (χ3n) is 3.31. The molecule has 1 aliphatic heterocycles. The molecule has 1 atom stereocenters. The number of rotatable bonds is 3. The molecule has 0 spiro atoms. The summed E-state index contributed by atoms with van der Waals surface area (Å²) in [5.74, 6) is 2.43. The third-order valence-corrected chi connectivity index (χ3v) is 5.50. The maximum atomic E-state index is 13.6. The highest BCUT2D eigenvalue weighted by Gasteiger charge is 2.24. The van der Waals surface area contributed by atoms with E-state index in [4.69, 9.17) is 4.74 Å². The number of halogens is 2. The predicted octanol–water partition coefficient (Wildman–Crippen LogP) is 5.34. The van der Waals surface area contributed by atoms with E-state index in [1.165, 1.54) is 11.6 Å². The molecule has 0 amide bonds. The Morgan fingerprint density at radius 2 is 2.05 bits per heavy atom. The van der Waals surface area contributed by atoms with Crippen molar-refractivity contribution in [3.05, 3.63) is 59.4 Å². The molecule has 0 radical (unpaired) electrons. The van der Waals surface area contributed by atoms with Crippen LogP contribution < -0.4 is 4.74 Å². The molecule has 2 aromatic carbocycles.